The predicted molar refractivity (Wildman–Crippen MR) is 115 cm³/mol. The van der Waals surface area contributed by atoms with Gasteiger partial charge in [0.15, 0.2) is 11.5 Å². The number of carbonyl (C=O) groups is 1. The van der Waals surface area contributed by atoms with Crippen LogP contribution in [0.25, 0.3) is 6.08 Å². The molecule has 1 aromatic heterocycles. The molecule has 0 spiro atoms. The van der Waals surface area contributed by atoms with Crippen molar-refractivity contribution < 1.29 is 23.7 Å². The first kappa shape index (κ1) is 22.2. The second kappa shape index (κ2) is 10.5. The molecule has 1 unspecified atom stereocenters. The summed E-state index contributed by atoms with van der Waals surface area (Å²) in [6, 6.07) is 6.89. The molecule has 2 aromatic rings. The summed E-state index contributed by atoms with van der Waals surface area (Å²) in [6.07, 6.45) is 4.40. The van der Waals surface area contributed by atoms with Gasteiger partial charge in [-0.15, -0.1) is 0 Å². The van der Waals surface area contributed by atoms with Gasteiger partial charge in [-0.1, -0.05) is 23.2 Å². The van der Waals surface area contributed by atoms with Crippen molar-refractivity contribution in [2.45, 2.75) is 6.10 Å². The van der Waals surface area contributed by atoms with Gasteiger partial charge in [0.05, 0.1) is 37.4 Å². The molecular weight excluding hydrogens is 431 g/mol. The third-order valence-corrected chi connectivity index (χ3v) is 5.10. The van der Waals surface area contributed by atoms with Crippen molar-refractivity contribution in [2.75, 3.05) is 40.5 Å². The van der Waals surface area contributed by atoms with Gasteiger partial charge in [-0.05, 0) is 29.8 Å². The molecular formula is C21H22Cl2N2O5. The van der Waals surface area contributed by atoms with Crippen LogP contribution in [-0.4, -0.2) is 62.4 Å². The van der Waals surface area contributed by atoms with E-state index in [2.05, 4.69) is 4.98 Å². The van der Waals surface area contributed by atoms with E-state index in [1.54, 1.807) is 35.2 Å². The Morgan fingerprint density at radius 3 is 2.80 bits per heavy atom. The van der Waals surface area contributed by atoms with Crippen LogP contribution in [0, 0.1) is 0 Å². The molecule has 1 aliphatic rings. The van der Waals surface area contributed by atoms with Gasteiger partial charge in [0.2, 0.25) is 11.8 Å². The van der Waals surface area contributed by atoms with E-state index in [9.17, 15) is 4.79 Å². The van der Waals surface area contributed by atoms with Crippen LogP contribution < -0.4 is 14.2 Å². The summed E-state index contributed by atoms with van der Waals surface area (Å²) in [5.74, 6) is 1.26. The Labute approximate surface area is 185 Å². The van der Waals surface area contributed by atoms with Crippen molar-refractivity contribution in [3.05, 3.63) is 52.1 Å². The lowest BCUT2D eigenvalue weighted by Gasteiger charge is -2.32. The Kier molecular flexibility index (Phi) is 7.79. The van der Waals surface area contributed by atoms with E-state index in [1.807, 2.05) is 0 Å². The lowest BCUT2D eigenvalue weighted by atomic mass is 10.1. The zero-order valence-corrected chi connectivity index (χ0v) is 18.2. The van der Waals surface area contributed by atoms with E-state index in [-0.39, 0.29) is 18.6 Å². The van der Waals surface area contributed by atoms with Crippen molar-refractivity contribution >= 4 is 35.2 Å². The molecule has 9 heteroatoms. The van der Waals surface area contributed by atoms with Gasteiger partial charge < -0.3 is 23.8 Å². The first-order chi connectivity index (χ1) is 14.5. The normalized spacial score (nSPS) is 16.5. The predicted octanol–water partition coefficient (Wildman–Crippen LogP) is 3.73. The van der Waals surface area contributed by atoms with Crippen LogP contribution in [0.5, 0.6) is 17.4 Å². The number of nitrogens with zero attached hydrogens (tertiary/aromatic N) is 2. The fourth-order valence-electron chi connectivity index (χ4n) is 2.95. The van der Waals surface area contributed by atoms with Gasteiger partial charge in [-0.2, -0.15) is 0 Å². The van der Waals surface area contributed by atoms with E-state index < -0.39 is 0 Å². The minimum Gasteiger partial charge on any atom is -0.493 e. The van der Waals surface area contributed by atoms with Crippen LogP contribution >= 0.6 is 23.2 Å². The van der Waals surface area contributed by atoms with Gasteiger partial charge in [-0.25, -0.2) is 4.98 Å². The van der Waals surface area contributed by atoms with Crippen molar-refractivity contribution in [2.24, 2.45) is 0 Å². The molecule has 160 valence electrons. The second-order valence-corrected chi connectivity index (χ2v) is 7.25. The van der Waals surface area contributed by atoms with Crippen LogP contribution in [0.1, 0.15) is 5.56 Å². The Morgan fingerprint density at radius 1 is 1.27 bits per heavy atom. The van der Waals surface area contributed by atoms with Crippen molar-refractivity contribution in [1.82, 2.24) is 9.88 Å². The summed E-state index contributed by atoms with van der Waals surface area (Å²) in [5.41, 5.74) is 0.657. The smallest absolute Gasteiger partial charge is 0.246 e. The maximum absolute atomic E-state index is 12.6. The Hall–Kier alpha value is -2.48. The highest BCUT2D eigenvalue weighted by molar-refractivity contribution is 6.34. The number of ether oxygens (including phenoxy) is 4. The molecule has 1 atom stereocenters. The van der Waals surface area contributed by atoms with Crippen LogP contribution in [0.2, 0.25) is 10.0 Å². The molecule has 1 saturated heterocycles. The Bertz CT molecular complexity index is 905. The molecule has 0 N–H and O–H groups in total. The quantitative estimate of drug-likeness (QED) is 0.596. The average molecular weight is 453 g/mol. The Morgan fingerprint density at radius 2 is 2.10 bits per heavy atom. The van der Waals surface area contributed by atoms with Crippen molar-refractivity contribution in [1.29, 1.82) is 0 Å². The fraction of sp³-hybridized carbons (Fsp3) is 0.333. The van der Waals surface area contributed by atoms with Crippen molar-refractivity contribution in [3.63, 3.8) is 0 Å². The molecule has 0 bridgehead atoms. The first-order valence-corrected chi connectivity index (χ1v) is 10.0. The SMILES string of the molecule is COc1ccc(/C=C/C(=O)N2CCOC(COc3ccc(Cl)cn3)C2)c(Cl)c1OC. The molecule has 30 heavy (non-hydrogen) atoms. The summed E-state index contributed by atoms with van der Waals surface area (Å²) in [4.78, 5) is 18.4. The molecule has 3 rings (SSSR count). The first-order valence-electron chi connectivity index (χ1n) is 9.25. The molecule has 0 aliphatic carbocycles. The van der Waals surface area contributed by atoms with E-state index in [4.69, 9.17) is 42.1 Å². The number of methoxy groups -OCH3 is 2. The molecule has 1 aliphatic heterocycles. The van der Waals surface area contributed by atoms with Gasteiger partial charge in [0.25, 0.3) is 0 Å². The summed E-state index contributed by atoms with van der Waals surface area (Å²) in [6.45, 7) is 1.62. The van der Waals surface area contributed by atoms with Crippen LogP contribution in [0.4, 0.5) is 0 Å². The third kappa shape index (κ3) is 5.56. The maximum atomic E-state index is 12.6. The topological polar surface area (TPSA) is 70.1 Å². The van der Waals surface area contributed by atoms with Crippen LogP contribution in [-0.2, 0) is 9.53 Å². The lowest BCUT2D eigenvalue weighted by molar-refractivity contribution is -0.134. The van der Waals surface area contributed by atoms with Crippen molar-refractivity contribution in [3.8, 4) is 17.4 Å². The molecule has 1 fully saturated rings. The van der Waals surface area contributed by atoms with Gasteiger partial charge in [0.1, 0.15) is 12.7 Å². The average Bonchev–Trinajstić information content (AvgIpc) is 2.77. The number of halogens is 2. The number of carbonyl (C=O) groups excluding carboxylic acids is 1. The monoisotopic (exact) mass is 452 g/mol. The fourth-order valence-corrected chi connectivity index (χ4v) is 3.35. The highest BCUT2D eigenvalue weighted by Crippen LogP contribution is 2.37. The summed E-state index contributed by atoms with van der Waals surface area (Å²) < 4.78 is 21.8. The number of aromatic nitrogens is 1. The minimum absolute atomic E-state index is 0.140. The molecule has 1 aromatic carbocycles. The summed E-state index contributed by atoms with van der Waals surface area (Å²) in [7, 11) is 3.05. The van der Waals surface area contributed by atoms with Crippen LogP contribution in [0.3, 0.4) is 0 Å². The zero-order chi connectivity index (χ0) is 21.5. The molecule has 0 radical (unpaired) electrons. The minimum atomic E-state index is -0.252. The number of amides is 1. The number of morpholine rings is 1. The number of hydrogen-bond donors (Lipinski definition) is 0. The second-order valence-electron chi connectivity index (χ2n) is 6.44. The van der Waals surface area contributed by atoms with Gasteiger partial charge in [0, 0.05) is 24.9 Å². The van der Waals surface area contributed by atoms with E-state index in [0.29, 0.717) is 52.7 Å². The van der Waals surface area contributed by atoms with Gasteiger partial charge in [-0.3, -0.25) is 4.79 Å². The molecule has 1 amide bonds. The lowest BCUT2D eigenvalue weighted by Crippen LogP contribution is -2.47. The van der Waals surface area contributed by atoms with Crippen LogP contribution in [0.15, 0.2) is 36.5 Å². The largest absolute Gasteiger partial charge is 0.493 e. The number of rotatable bonds is 7. The molecule has 2 heterocycles. The summed E-state index contributed by atoms with van der Waals surface area (Å²) >= 11 is 12.2. The van der Waals surface area contributed by atoms with E-state index in [1.165, 1.54) is 26.5 Å². The van der Waals surface area contributed by atoms with E-state index in [0.717, 1.165) is 0 Å². The highest BCUT2D eigenvalue weighted by Gasteiger charge is 2.24. The molecule has 7 nitrogen and oxygen atoms in total. The zero-order valence-electron chi connectivity index (χ0n) is 16.6. The third-order valence-electron chi connectivity index (χ3n) is 4.49. The molecule has 0 saturated carbocycles. The van der Waals surface area contributed by atoms with E-state index >= 15 is 0 Å². The number of hydrogen-bond acceptors (Lipinski definition) is 6. The van der Waals surface area contributed by atoms with Gasteiger partial charge >= 0.3 is 0 Å². The summed E-state index contributed by atoms with van der Waals surface area (Å²) in [5, 5.41) is 0.916. The highest BCUT2D eigenvalue weighted by atomic mass is 35.5. The number of pyridine rings is 1. The standard InChI is InChI=1S/C21H22Cl2N2O5/c1-27-17-6-3-14(20(23)21(17)28-2)4-8-19(26)25-9-10-29-16(12-25)13-30-18-7-5-15(22)11-24-18/h3-8,11,16H,9-10,12-13H2,1-2H3/b8-4+. The Balaban J connectivity index is 1.59. The maximum Gasteiger partial charge on any atom is 0.246 e. The number of benzene rings is 1.